The normalized spacial score (nSPS) is 20.2. The Labute approximate surface area is 164 Å². The summed E-state index contributed by atoms with van der Waals surface area (Å²) >= 11 is 0. The van der Waals surface area contributed by atoms with Crippen LogP contribution in [0.5, 0.6) is 0 Å². The number of hydrogen-bond acceptors (Lipinski definition) is 0. The summed E-state index contributed by atoms with van der Waals surface area (Å²) in [6.45, 7) is 1.96. The quantitative estimate of drug-likeness (QED) is 0.418. The van der Waals surface area contributed by atoms with E-state index >= 15 is 0 Å². The fourth-order valence-corrected chi connectivity index (χ4v) is 4.30. The van der Waals surface area contributed by atoms with Crippen LogP contribution in [-0.4, -0.2) is 6.67 Å². The number of hydrogen-bond donors (Lipinski definition) is 0. The lowest BCUT2D eigenvalue weighted by atomic mass is 9.77. The van der Waals surface area contributed by atoms with Gasteiger partial charge in [-0.15, -0.1) is 0 Å². The highest BCUT2D eigenvalue weighted by atomic mass is 19.1. The van der Waals surface area contributed by atoms with Crippen molar-refractivity contribution in [3.05, 3.63) is 71.8 Å². The van der Waals surface area contributed by atoms with E-state index < -0.39 is 0 Å². The van der Waals surface area contributed by atoms with Crippen molar-refractivity contribution in [2.45, 2.75) is 64.2 Å². The van der Waals surface area contributed by atoms with Gasteiger partial charge in [0, 0.05) is 0 Å². The Kier molecular flexibility index (Phi) is 7.68. The summed E-state index contributed by atoms with van der Waals surface area (Å²) in [6, 6.07) is 18.2. The lowest BCUT2D eigenvalue weighted by Gasteiger charge is -2.28. The molecule has 0 nitrogen and oxygen atoms in total. The van der Waals surface area contributed by atoms with Gasteiger partial charge in [-0.25, -0.2) is 0 Å². The van der Waals surface area contributed by atoms with Crippen molar-refractivity contribution >= 4 is 0 Å². The SMILES string of the molecule is CCc1ccc(-c2ccc([C@H]3CC[C@H](CC/C=C/CCF)CC3)cc2)cc1. The van der Waals surface area contributed by atoms with E-state index in [0.29, 0.717) is 6.42 Å². The highest BCUT2D eigenvalue weighted by Crippen LogP contribution is 2.38. The summed E-state index contributed by atoms with van der Waals surface area (Å²) in [5.74, 6) is 1.58. The minimum atomic E-state index is -0.232. The molecule has 1 saturated carbocycles. The van der Waals surface area contributed by atoms with Gasteiger partial charge >= 0.3 is 0 Å². The molecule has 0 amide bonds. The van der Waals surface area contributed by atoms with Crippen molar-refractivity contribution in [2.75, 3.05) is 6.67 Å². The van der Waals surface area contributed by atoms with E-state index in [2.05, 4.69) is 61.5 Å². The standard InChI is InChI=1S/C26H33F/c1-2-21-8-12-23(13-9-21)25-16-18-26(19-17-25)24-14-10-22(11-15-24)7-5-3-4-6-20-27/h3-4,8-9,12-13,16-19,22,24H,2,5-7,10-11,14-15,20H2,1H3/b4-3+/t22-,24-. The van der Waals surface area contributed by atoms with Crippen LogP contribution < -0.4 is 0 Å². The molecule has 1 aliphatic carbocycles. The van der Waals surface area contributed by atoms with Gasteiger partial charge in [0.15, 0.2) is 0 Å². The Balaban J connectivity index is 1.49. The van der Waals surface area contributed by atoms with Crippen LogP contribution in [0.25, 0.3) is 11.1 Å². The maximum absolute atomic E-state index is 12.1. The number of rotatable bonds is 8. The summed E-state index contributed by atoms with van der Waals surface area (Å²) in [5.41, 5.74) is 5.52. The monoisotopic (exact) mass is 364 g/mol. The molecule has 1 fully saturated rings. The molecule has 1 heteroatoms. The first kappa shape index (κ1) is 19.9. The molecular weight excluding hydrogens is 331 g/mol. The number of halogens is 1. The first-order valence-corrected chi connectivity index (χ1v) is 10.7. The zero-order valence-corrected chi connectivity index (χ0v) is 16.7. The van der Waals surface area contributed by atoms with Gasteiger partial charge in [0.25, 0.3) is 0 Å². The minimum absolute atomic E-state index is 0.232. The molecule has 0 heterocycles. The van der Waals surface area contributed by atoms with E-state index in [1.54, 1.807) is 0 Å². The Hall–Kier alpha value is -1.89. The summed E-state index contributed by atoms with van der Waals surface area (Å²) in [6.07, 6.45) is 13.5. The maximum atomic E-state index is 12.1. The molecule has 0 spiro atoms. The number of benzene rings is 2. The fraction of sp³-hybridized carbons (Fsp3) is 0.462. The maximum Gasteiger partial charge on any atom is 0.0928 e. The van der Waals surface area contributed by atoms with Crippen molar-refractivity contribution < 1.29 is 4.39 Å². The molecule has 3 rings (SSSR count). The smallest absolute Gasteiger partial charge is 0.0928 e. The molecule has 27 heavy (non-hydrogen) atoms. The van der Waals surface area contributed by atoms with Crippen molar-refractivity contribution in [3.8, 4) is 11.1 Å². The first-order valence-electron chi connectivity index (χ1n) is 10.7. The van der Waals surface area contributed by atoms with Gasteiger partial charge in [-0.05, 0) is 85.5 Å². The van der Waals surface area contributed by atoms with Gasteiger partial charge in [0.05, 0.1) is 6.67 Å². The van der Waals surface area contributed by atoms with Gasteiger partial charge in [-0.3, -0.25) is 4.39 Å². The van der Waals surface area contributed by atoms with Crippen molar-refractivity contribution in [1.82, 2.24) is 0 Å². The van der Waals surface area contributed by atoms with E-state index in [4.69, 9.17) is 0 Å². The van der Waals surface area contributed by atoms with Crippen LogP contribution in [0, 0.1) is 5.92 Å². The van der Waals surface area contributed by atoms with E-state index in [1.807, 2.05) is 6.08 Å². The molecule has 0 aromatic heterocycles. The summed E-state index contributed by atoms with van der Waals surface area (Å²) < 4.78 is 12.1. The molecule has 0 atom stereocenters. The van der Waals surface area contributed by atoms with Gasteiger partial charge in [-0.2, -0.15) is 0 Å². The van der Waals surface area contributed by atoms with Crippen LogP contribution in [0.2, 0.25) is 0 Å². The van der Waals surface area contributed by atoms with Crippen LogP contribution in [0.1, 0.15) is 68.9 Å². The van der Waals surface area contributed by atoms with E-state index in [-0.39, 0.29) is 6.67 Å². The molecule has 2 aromatic rings. The second-order valence-electron chi connectivity index (χ2n) is 7.92. The van der Waals surface area contributed by atoms with Crippen LogP contribution in [0.4, 0.5) is 4.39 Å². The molecule has 0 unspecified atom stereocenters. The molecule has 1 aliphatic rings. The Bertz CT molecular complexity index is 688. The second kappa shape index (κ2) is 10.4. The highest BCUT2D eigenvalue weighted by Gasteiger charge is 2.21. The summed E-state index contributed by atoms with van der Waals surface area (Å²) in [7, 11) is 0. The Morgan fingerprint density at radius 1 is 0.815 bits per heavy atom. The lowest BCUT2D eigenvalue weighted by molar-refractivity contribution is 0.312. The average Bonchev–Trinajstić information content (AvgIpc) is 2.74. The van der Waals surface area contributed by atoms with Crippen molar-refractivity contribution in [3.63, 3.8) is 0 Å². The average molecular weight is 365 g/mol. The van der Waals surface area contributed by atoms with Gasteiger partial charge in [0.2, 0.25) is 0 Å². The van der Waals surface area contributed by atoms with E-state index in [1.165, 1.54) is 54.4 Å². The van der Waals surface area contributed by atoms with Crippen LogP contribution in [-0.2, 0) is 6.42 Å². The predicted octanol–water partition coefficient (Wildman–Crippen LogP) is 7.89. The van der Waals surface area contributed by atoms with Crippen molar-refractivity contribution in [2.24, 2.45) is 5.92 Å². The second-order valence-corrected chi connectivity index (χ2v) is 7.92. The third-order valence-electron chi connectivity index (χ3n) is 6.11. The zero-order chi connectivity index (χ0) is 18.9. The molecule has 0 bridgehead atoms. The number of alkyl halides is 1. The lowest BCUT2D eigenvalue weighted by Crippen LogP contribution is -2.13. The topological polar surface area (TPSA) is 0 Å². The molecule has 0 radical (unpaired) electrons. The van der Waals surface area contributed by atoms with E-state index in [0.717, 1.165) is 24.7 Å². The molecule has 0 aliphatic heterocycles. The van der Waals surface area contributed by atoms with Gasteiger partial charge < -0.3 is 0 Å². The van der Waals surface area contributed by atoms with Gasteiger partial charge in [-0.1, -0.05) is 67.6 Å². The molecule has 144 valence electrons. The third-order valence-corrected chi connectivity index (χ3v) is 6.11. The molecule has 2 aromatic carbocycles. The number of aryl methyl sites for hydroxylation is 1. The van der Waals surface area contributed by atoms with Gasteiger partial charge in [0.1, 0.15) is 0 Å². The predicted molar refractivity (Wildman–Crippen MR) is 115 cm³/mol. The Morgan fingerprint density at radius 2 is 1.41 bits per heavy atom. The number of allylic oxidation sites excluding steroid dienone is 2. The molecule has 0 N–H and O–H groups in total. The summed E-state index contributed by atoms with van der Waals surface area (Å²) in [4.78, 5) is 0. The minimum Gasteiger partial charge on any atom is -0.251 e. The summed E-state index contributed by atoms with van der Waals surface area (Å²) in [5, 5.41) is 0. The van der Waals surface area contributed by atoms with Crippen LogP contribution in [0.15, 0.2) is 60.7 Å². The molecule has 0 saturated heterocycles. The molecular formula is C26H33F. The third kappa shape index (κ3) is 5.79. The van der Waals surface area contributed by atoms with Crippen LogP contribution >= 0.6 is 0 Å². The zero-order valence-electron chi connectivity index (χ0n) is 16.7. The van der Waals surface area contributed by atoms with E-state index in [9.17, 15) is 4.39 Å². The largest absolute Gasteiger partial charge is 0.251 e. The van der Waals surface area contributed by atoms with Crippen molar-refractivity contribution in [1.29, 1.82) is 0 Å². The first-order chi connectivity index (χ1) is 13.3. The Morgan fingerprint density at radius 3 is 2.00 bits per heavy atom. The highest BCUT2D eigenvalue weighted by molar-refractivity contribution is 5.64. The fourth-order valence-electron chi connectivity index (χ4n) is 4.30. The van der Waals surface area contributed by atoms with Crippen LogP contribution in [0.3, 0.4) is 0 Å².